The molecule has 118 valence electrons. The summed E-state index contributed by atoms with van der Waals surface area (Å²) in [4.78, 5) is 9.22. The van der Waals surface area contributed by atoms with Gasteiger partial charge in [-0.1, -0.05) is 13.8 Å². The Morgan fingerprint density at radius 3 is 2.48 bits per heavy atom. The normalized spacial score (nSPS) is 17.8. The Balaban J connectivity index is 2.09. The van der Waals surface area contributed by atoms with E-state index in [1.807, 2.05) is 6.07 Å². The topological polar surface area (TPSA) is 59.1 Å². The predicted molar refractivity (Wildman–Crippen MR) is 86.9 cm³/mol. The first-order valence-electron chi connectivity index (χ1n) is 8.07. The molecule has 1 aromatic heterocycles. The molecule has 0 aromatic carbocycles. The smallest absolute Gasteiger partial charge is 0.135 e. The molecule has 2 heterocycles. The van der Waals surface area contributed by atoms with Gasteiger partial charge in [-0.05, 0) is 32.6 Å². The average molecular weight is 292 g/mol. The second-order valence-corrected chi connectivity index (χ2v) is 6.06. The number of hydrogen-bond donors (Lipinski definition) is 2. The third-order valence-corrected chi connectivity index (χ3v) is 3.97. The van der Waals surface area contributed by atoms with Gasteiger partial charge in [-0.2, -0.15) is 0 Å². The Morgan fingerprint density at radius 1 is 1.19 bits per heavy atom. The quantitative estimate of drug-likeness (QED) is 0.843. The van der Waals surface area contributed by atoms with Gasteiger partial charge < -0.3 is 15.4 Å². The van der Waals surface area contributed by atoms with E-state index in [0.29, 0.717) is 17.9 Å². The third kappa shape index (κ3) is 4.56. The fraction of sp³-hybridized carbons (Fsp3) is 0.750. The number of ether oxygens (including phenoxy) is 1. The summed E-state index contributed by atoms with van der Waals surface area (Å²) in [5, 5.41) is 6.84. The number of anilines is 2. The predicted octanol–water partition coefficient (Wildman–Crippen LogP) is 3.26. The molecule has 1 unspecified atom stereocenters. The van der Waals surface area contributed by atoms with E-state index in [4.69, 9.17) is 4.74 Å². The molecule has 1 atom stereocenters. The minimum Gasteiger partial charge on any atom is -0.381 e. The second-order valence-electron chi connectivity index (χ2n) is 6.06. The van der Waals surface area contributed by atoms with Gasteiger partial charge in [-0.3, -0.25) is 0 Å². The van der Waals surface area contributed by atoms with Crippen LogP contribution in [0.15, 0.2) is 6.07 Å². The van der Waals surface area contributed by atoms with Crippen LogP contribution in [-0.4, -0.2) is 35.8 Å². The van der Waals surface area contributed by atoms with Crippen molar-refractivity contribution in [2.45, 2.75) is 52.5 Å². The van der Waals surface area contributed by atoms with Crippen LogP contribution in [0.1, 0.15) is 52.3 Å². The van der Waals surface area contributed by atoms with E-state index in [1.54, 1.807) is 0 Å². The summed E-state index contributed by atoms with van der Waals surface area (Å²) in [6.45, 7) is 11.2. The number of rotatable bonds is 6. The van der Waals surface area contributed by atoms with Gasteiger partial charge >= 0.3 is 0 Å². The van der Waals surface area contributed by atoms with Crippen LogP contribution in [0, 0.1) is 5.92 Å². The third-order valence-electron chi connectivity index (χ3n) is 3.97. The van der Waals surface area contributed by atoms with Crippen molar-refractivity contribution < 1.29 is 4.74 Å². The van der Waals surface area contributed by atoms with Crippen molar-refractivity contribution in [2.24, 2.45) is 5.92 Å². The summed E-state index contributed by atoms with van der Waals surface area (Å²) in [5.41, 5.74) is 0. The minimum atomic E-state index is 0.322. The molecule has 21 heavy (non-hydrogen) atoms. The molecule has 5 nitrogen and oxygen atoms in total. The summed E-state index contributed by atoms with van der Waals surface area (Å²) in [7, 11) is 0. The highest BCUT2D eigenvalue weighted by molar-refractivity contribution is 5.48. The monoisotopic (exact) mass is 292 g/mol. The molecule has 0 amide bonds. The maximum absolute atomic E-state index is 5.44. The van der Waals surface area contributed by atoms with E-state index in [-0.39, 0.29) is 0 Å². The van der Waals surface area contributed by atoms with Crippen LogP contribution in [0.25, 0.3) is 0 Å². The molecule has 2 rings (SSSR count). The van der Waals surface area contributed by atoms with Crippen LogP contribution in [0.4, 0.5) is 11.6 Å². The SMILES string of the molecule is CCNc1cc(NC(C)C2CCOCC2)nc(C(C)C)n1. The maximum Gasteiger partial charge on any atom is 0.135 e. The van der Waals surface area contributed by atoms with Gasteiger partial charge in [0.1, 0.15) is 17.5 Å². The Morgan fingerprint density at radius 2 is 1.86 bits per heavy atom. The van der Waals surface area contributed by atoms with Crippen molar-refractivity contribution in [1.82, 2.24) is 9.97 Å². The van der Waals surface area contributed by atoms with E-state index in [1.165, 1.54) is 0 Å². The first-order valence-corrected chi connectivity index (χ1v) is 8.07. The Hall–Kier alpha value is -1.36. The van der Waals surface area contributed by atoms with Gasteiger partial charge in [0.25, 0.3) is 0 Å². The lowest BCUT2D eigenvalue weighted by atomic mass is 9.93. The largest absolute Gasteiger partial charge is 0.381 e. The lowest BCUT2D eigenvalue weighted by molar-refractivity contribution is 0.0622. The second kappa shape index (κ2) is 7.59. The molecule has 1 aromatic rings. The van der Waals surface area contributed by atoms with Crippen molar-refractivity contribution in [3.63, 3.8) is 0 Å². The zero-order chi connectivity index (χ0) is 15.2. The number of nitrogens with zero attached hydrogens (tertiary/aromatic N) is 2. The van der Waals surface area contributed by atoms with Crippen LogP contribution < -0.4 is 10.6 Å². The van der Waals surface area contributed by atoms with Gasteiger partial charge in [0.15, 0.2) is 0 Å². The van der Waals surface area contributed by atoms with E-state index >= 15 is 0 Å². The summed E-state index contributed by atoms with van der Waals surface area (Å²) < 4.78 is 5.44. The van der Waals surface area contributed by atoms with Gasteiger partial charge in [-0.25, -0.2) is 9.97 Å². The number of aromatic nitrogens is 2. The molecule has 5 heteroatoms. The molecule has 0 aliphatic carbocycles. The molecule has 0 bridgehead atoms. The zero-order valence-corrected chi connectivity index (χ0v) is 13.6. The van der Waals surface area contributed by atoms with Crippen molar-refractivity contribution in [2.75, 3.05) is 30.4 Å². The van der Waals surface area contributed by atoms with Crippen LogP contribution in [-0.2, 0) is 4.74 Å². The lowest BCUT2D eigenvalue weighted by Crippen LogP contribution is -2.31. The average Bonchev–Trinajstić information content (AvgIpc) is 2.48. The summed E-state index contributed by atoms with van der Waals surface area (Å²) in [6.07, 6.45) is 2.24. The molecule has 1 aliphatic rings. The highest BCUT2D eigenvalue weighted by atomic mass is 16.5. The fourth-order valence-electron chi connectivity index (χ4n) is 2.64. The van der Waals surface area contributed by atoms with Gasteiger partial charge in [0.05, 0.1) is 0 Å². The molecule has 0 spiro atoms. The van der Waals surface area contributed by atoms with Gasteiger partial charge in [0.2, 0.25) is 0 Å². The van der Waals surface area contributed by atoms with Crippen LogP contribution in [0.3, 0.4) is 0 Å². The van der Waals surface area contributed by atoms with Gasteiger partial charge in [0, 0.05) is 37.8 Å². The first kappa shape index (κ1) is 16.0. The van der Waals surface area contributed by atoms with Crippen molar-refractivity contribution in [3.05, 3.63) is 11.9 Å². The van der Waals surface area contributed by atoms with E-state index < -0.39 is 0 Å². The number of nitrogens with one attached hydrogen (secondary N) is 2. The summed E-state index contributed by atoms with van der Waals surface area (Å²) >= 11 is 0. The lowest BCUT2D eigenvalue weighted by Gasteiger charge is -2.29. The van der Waals surface area contributed by atoms with E-state index in [0.717, 1.165) is 50.1 Å². The number of hydrogen-bond acceptors (Lipinski definition) is 5. The molecule has 1 fully saturated rings. The van der Waals surface area contributed by atoms with Gasteiger partial charge in [-0.15, -0.1) is 0 Å². The molecule has 2 N–H and O–H groups in total. The van der Waals surface area contributed by atoms with Crippen molar-refractivity contribution in [3.8, 4) is 0 Å². The molecule has 0 radical (unpaired) electrons. The summed E-state index contributed by atoms with van der Waals surface area (Å²) in [6, 6.07) is 2.41. The molecular weight excluding hydrogens is 264 g/mol. The standard InChI is InChI=1S/C16H28N4O/c1-5-17-14-10-15(20-16(19-14)11(2)3)18-12(4)13-6-8-21-9-7-13/h10-13H,5-9H2,1-4H3,(H2,17,18,19,20). The van der Waals surface area contributed by atoms with E-state index in [9.17, 15) is 0 Å². The molecule has 1 saturated heterocycles. The van der Waals surface area contributed by atoms with Crippen LogP contribution in [0.5, 0.6) is 0 Å². The minimum absolute atomic E-state index is 0.322. The highest BCUT2D eigenvalue weighted by Crippen LogP contribution is 2.23. The molecular formula is C16H28N4O. The van der Waals surface area contributed by atoms with Crippen LogP contribution in [0.2, 0.25) is 0 Å². The highest BCUT2D eigenvalue weighted by Gasteiger charge is 2.21. The van der Waals surface area contributed by atoms with Crippen LogP contribution >= 0.6 is 0 Å². The Labute approximate surface area is 127 Å². The molecule has 0 saturated carbocycles. The Bertz CT molecular complexity index is 444. The van der Waals surface area contributed by atoms with E-state index in [2.05, 4.69) is 48.3 Å². The Kier molecular flexibility index (Phi) is 5.79. The van der Waals surface area contributed by atoms with Crippen molar-refractivity contribution >= 4 is 11.6 Å². The zero-order valence-electron chi connectivity index (χ0n) is 13.6. The molecule has 1 aliphatic heterocycles. The summed E-state index contributed by atoms with van der Waals surface area (Å²) in [5.74, 6) is 3.68. The maximum atomic E-state index is 5.44. The fourth-order valence-corrected chi connectivity index (χ4v) is 2.64. The first-order chi connectivity index (χ1) is 10.1. The van der Waals surface area contributed by atoms with Crippen molar-refractivity contribution in [1.29, 1.82) is 0 Å².